The molecule has 0 aliphatic carbocycles. The van der Waals surface area contributed by atoms with Crippen molar-refractivity contribution in [1.82, 2.24) is 5.23 Å². The van der Waals surface area contributed by atoms with Gasteiger partial charge in [0, 0.05) is 0 Å². The predicted molar refractivity (Wildman–Crippen MR) is 41.3 cm³/mol. The van der Waals surface area contributed by atoms with Gasteiger partial charge >= 0.3 is 0 Å². The zero-order valence-corrected chi connectivity index (χ0v) is 6.36. The molecule has 1 N–H and O–H groups in total. The van der Waals surface area contributed by atoms with Crippen LogP contribution in [0.5, 0.6) is 0 Å². The normalized spacial score (nSPS) is 5.86. The van der Waals surface area contributed by atoms with E-state index < -0.39 is 0 Å². The van der Waals surface area contributed by atoms with Crippen LogP contribution in [0.4, 0.5) is 0 Å². The van der Waals surface area contributed by atoms with Gasteiger partial charge in [-0.3, -0.25) is 0 Å². The van der Waals surface area contributed by atoms with Gasteiger partial charge in [-0.2, -0.15) is 0 Å². The second kappa shape index (κ2) is 16.0. The Morgan fingerprint density at radius 2 is 1.86 bits per heavy atom. The minimum Gasteiger partial charge on any atom is -0.362 e. The molecule has 0 fully saturated rings. The largest absolute Gasteiger partial charge is 0.362 e. The molecule has 0 unspecified atom stereocenters. The lowest BCUT2D eigenvalue weighted by molar-refractivity contribution is 0.868. The second-order valence-electron chi connectivity index (χ2n) is 1.10. The molecule has 7 heavy (non-hydrogen) atoms. The van der Waals surface area contributed by atoms with Gasteiger partial charge in [0.1, 0.15) is 0 Å². The fraction of sp³-hybridized carbons (Fsp3) is 1.00. The summed E-state index contributed by atoms with van der Waals surface area (Å²) in [6.07, 6.45) is 1.23. The number of hydrogen-bond donors (Lipinski definition) is 1. The van der Waals surface area contributed by atoms with Crippen LogP contribution in [0.3, 0.4) is 0 Å². The summed E-state index contributed by atoms with van der Waals surface area (Å²) in [5, 5.41) is 3.02. The zero-order valence-electron chi connectivity index (χ0n) is 4.73. The minimum atomic E-state index is 0. The van der Waals surface area contributed by atoms with Gasteiger partial charge in [0.25, 0.3) is 0 Å². The van der Waals surface area contributed by atoms with Gasteiger partial charge in [-0.05, 0) is 13.0 Å². The van der Waals surface area contributed by atoms with Crippen molar-refractivity contribution in [2.75, 3.05) is 6.54 Å². The van der Waals surface area contributed by atoms with E-state index in [0.717, 1.165) is 6.54 Å². The average Bonchev–Trinajstić information content (AvgIpc) is 1.41. The monoisotopic (exact) mass is 143 g/mol. The third-order valence-corrected chi connectivity index (χ3v) is 0.500. The number of rotatable bonds is 2. The van der Waals surface area contributed by atoms with Crippen molar-refractivity contribution in [1.29, 1.82) is 0 Å². The third kappa shape index (κ3) is 20.6. The summed E-state index contributed by atoms with van der Waals surface area (Å²) in [6, 6.07) is 0. The lowest BCUT2D eigenvalue weighted by Crippen LogP contribution is -2.07. The van der Waals surface area contributed by atoms with Crippen molar-refractivity contribution in [2.24, 2.45) is 0 Å². The fourth-order valence-electron chi connectivity index (χ4n) is 0.250. The summed E-state index contributed by atoms with van der Waals surface area (Å²) < 4.78 is 0. The molecular weight excluding hydrogens is 132 g/mol. The number of nitrogens with one attached hydrogen (secondary N) is 1. The summed E-state index contributed by atoms with van der Waals surface area (Å²) in [5.74, 6) is 0. The SMILES string of the molecule is BNCCC.Cl.Cl. The van der Waals surface area contributed by atoms with Gasteiger partial charge in [-0.1, -0.05) is 6.92 Å². The molecule has 0 aromatic rings. The van der Waals surface area contributed by atoms with Crippen molar-refractivity contribution in [3.05, 3.63) is 0 Å². The highest BCUT2D eigenvalue weighted by molar-refractivity contribution is 6.04. The summed E-state index contributed by atoms with van der Waals surface area (Å²) in [5.41, 5.74) is 0. The molecule has 0 heterocycles. The molecular formula is C3H12BCl2N. The Hall–Kier alpha value is 0.605. The maximum atomic E-state index is 3.02. The highest BCUT2D eigenvalue weighted by Crippen LogP contribution is 1.61. The molecule has 46 valence electrons. The summed E-state index contributed by atoms with van der Waals surface area (Å²) in [7, 11) is 1.96. The molecule has 0 aromatic heterocycles. The lowest BCUT2D eigenvalue weighted by Gasteiger charge is -1.84. The summed E-state index contributed by atoms with van der Waals surface area (Å²) >= 11 is 0. The Morgan fingerprint density at radius 3 is 1.86 bits per heavy atom. The number of hydrogen-bond acceptors (Lipinski definition) is 1. The Kier molecular flexibility index (Phi) is 35.7. The van der Waals surface area contributed by atoms with Crippen LogP contribution >= 0.6 is 24.8 Å². The summed E-state index contributed by atoms with van der Waals surface area (Å²) in [6.45, 7) is 3.29. The van der Waals surface area contributed by atoms with E-state index in [0.29, 0.717) is 0 Å². The van der Waals surface area contributed by atoms with Crippen LogP contribution in [0.2, 0.25) is 0 Å². The van der Waals surface area contributed by atoms with E-state index in [1.54, 1.807) is 0 Å². The molecule has 4 heteroatoms. The van der Waals surface area contributed by atoms with Crippen LogP contribution in [0, 0.1) is 0 Å². The molecule has 1 nitrogen and oxygen atoms in total. The smallest absolute Gasteiger partial charge is 0.181 e. The first kappa shape index (κ1) is 15.6. The van der Waals surface area contributed by atoms with E-state index in [4.69, 9.17) is 0 Å². The average molecular weight is 144 g/mol. The van der Waals surface area contributed by atoms with E-state index in [-0.39, 0.29) is 24.8 Å². The molecule has 0 spiro atoms. The maximum Gasteiger partial charge on any atom is 0.181 e. The first-order valence-corrected chi connectivity index (χ1v) is 2.06. The van der Waals surface area contributed by atoms with E-state index in [9.17, 15) is 0 Å². The third-order valence-electron chi connectivity index (χ3n) is 0.500. The molecule has 0 saturated carbocycles. The van der Waals surface area contributed by atoms with Gasteiger partial charge in [0.05, 0.1) is 0 Å². The fourth-order valence-corrected chi connectivity index (χ4v) is 0.250. The Labute approximate surface area is 58.5 Å². The van der Waals surface area contributed by atoms with Crippen LogP contribution in [0.25, 0.3) is 0 Å². The summed E-state index contributed by atoms with van der Waals surface area (Å²) in [4.78, 5) is 0. The van der Waals surface area contributed by atoms with Gasteiger partial charge < -0.3 is 5.23 Å². The van der Waals surface area contributed by atoms with Gasteiger partial charge in [0.15, 0.2) is 7.98 Å². The highest BCUT2D eigenvalue weighted by atomic mass is 35.5. The molecule has 0 aromatic carbocycles. The second-order valence-corrected chi connectivity index (χ2v) is 1.10. The van der Waals surface area contributed by atoms with Crippen molar-refractivity contribution >= 4 is 32.8 Å². The molecule has 0 rings (SSSR count). The van der Waals surface area contributed by atoms with Crippen LogP contribution in [-0.4, -0.2) is 14.5 Å². The first-order valence-electron chi connectivity index (χ1n) is 2.06. The highest BCUT2D eigenvalue weighted by Gasteiger charge is 1.65. The quantitative estimate of drug-likeness (QED) is 0.552. The standard InChI is InChI=1S/C3H10BN.2ClH/c1-2-3-5-4;;/h5H,2-4H2,1H3;2*1H. The van der Waals surface area contributed by atoms with Gasteiger partial charge in [0.2, 0.25) is 0 Å². The van der Waals surface area contributed by atoms with E-state index >= 15 is 0 Å². The van der Waals surface area contributed by atoms with Crippen LogP contribution in [-0.2, 0) is 0 Å². The molecule has 0 radical (unpaired) electrons. The van der Waals surface area contributed by atoms with E-state index in [1.807, 2.05) is 7.98 Å². The maximum absolute atomic E-state index is 3.02. The zero-order chi connectivity index (χ0) is 4.12. The Bertz CT molecular complexity index is 20.4. The molecule has 0 aliphatic rings. The minimum absolute atomic E-state index is 0. The van der Waals surface area contributed by atoms with Gasteiger partial charge in [-0.25, -0.2) is 0 Å². The van der Waals surface area contributed by atoms with E-state index in [2.05, 4.69) is 12.2 Å². The van der Waals surface area contributed by atoms with Crippen molar-refractivity contribution in [3.8, 4) is 0 Å². The molecule has 0 amide bonds. The van der Waals surface area contributed by atoms with Crippen molar-refractivity contribution < 1.29 is 0 Å². The molecule has 0 saturated heterocycles. The molecule has 0 bridgehead atoms. The lowest BCUT2D eigenvalue weighted by atomic mass is 10.4. The van der Waals surface area contributed by atoms with Crippen LogP contribution < -0.4 is 5.23 Å². The molecule has 0 aliphatic heterocycles. The topological polar surface area (TPSA) is 12.0 Å². The van der Waals surface area contributed by atoms with Gasteiger partial charge in [-0.15, -0.1) is 24.8 Å². The van der Waals surface area contributed by atoms with Crippen LogP contribution in [0.15, 0.2) is 0 Å². The first-order chi connectivity index (χ1) is 2.41. The Balaban J connectivity index is -0.0000000800. The number of halogens is 2. The van der Waals surface area contributed by atoms with Crippen molar-refractivity contribution in [3.63, 3.8) is 0 Å². The van der Waals surface area contributed by atoms with E-state index in [1.165, 1.54) is 6.42 Å². The van der Waals surface area contributed by atoms with Crippen LogP contribution in [0.1, 0.15) is 13.3 Å². The predicted octanol–water partition coefficient (Wildman–Crippen LogP) is 0.378. The van der Waals surface area contributed by atoms with Crippen molar-refractivity contribution in [2.45, 2.75) is 13.3 Å². The molecule has 0 atom stereocenters. The Morgan fingerprint density at radius 1 is 1.43 bits per heavy atom.